The van der Waals surface area contributed by atoms with E-state index in [1.165, 1.54) is 37.8 Å². The lowest BCUT2D eigenvalue weighted by Gasteiger charge is -2.41. The minimum absolute atomic E-state index is 0.188. The van der Waals surface area contributed by atoms with Crippen molar-refractivity contribution in [2.24, 2.45) is 5.73 Å². The van der Waals surface area contributed by atoms with Crippen LogP contribution in [0.4, 0.5) is 11.5 Å². The fourth-order valence-electron chi connectivity index (χ4n) is 4.35. The summed E-state index contributed by atoms with van der Waals surface area (Å²) in [6.07, 6.45) is 6.76. The number of nitrogens with two attached hydrogens (primary N) is 1. The summed E-state index contributed by atoms with van der Waals surface area (Å²) in [6.45, 7) is 5.27. The Morgan fingerprint density at radius 3 is 2.46 bits per heavy atom. The van der Waals surface area contributed by atoms with Crippen LogP contribution in [0.3, 0.4) is 0 Å². The highest BCUT2D eigenvalue weighted by atomic mass is 32.2. The number of likely N-dealkylation sites (N-methyl/N-ethyl adjacent to an activating group) is 1. The first-order valence-electron chi connectivity index (χ1n) is 12.6. The molecule has 2 saturated carbocycles. The zero-order chi connectivity index (χ0) is 24.7. The van der Waals surface area contributed by atoms with Gasteiger partial charge < -0.3 is 25.6 Å². The number of morpholine rings is 1. The molecule has 1 amide bonds. The van der Waals surface area contributed by atoms with E-state index in [1.54, 1.807) is 0 Å². The van der Waals surface area contributed by atoms with Gasteiger partial charge in [0, 0.05) is 48.7 Å². The van der Waals surface area contributed by atoms with E-state index in [1.807, 2.05) is 0 Å². The third kappa shape index (κ3) is 6.86. The van der Waals surface area contributed by atoms with Crippen molar-refractivity contribution in [2.45, 2.75) is 42.1 Å². The summed E-state index contributed by atoms with van der Waals surface area (Å²) in [6, 6.07) is 10.9. The van der Waals surface area contributed by atoms with E-state index in [0.717, 1.165) is 67.5 Å². The number of amides is 1. The van der Waals surface area contributed by atoms with Crippen LogP contribution in [0.1, 0.15) is 37.8 Å². The molecule has 3 N–H and O–H groups in total. The fourth-order valence-corrected chi connectivity index (χ4v) is 6.11. The van der Waals surface area contributed by atoms with Crippen LogP contribution < -0.4 is 16.0 Å². The number of aromatic nitrogens is 2. The van der Waals surface area contributed by atoms with Crippen molar-refractivity contribution in [3.63, 3.8) is 0 Å². The van der Waals surface area contributed by atoms with E-state index >= 15 is 0 Å². The minimum atomic E-state index is 0.188. The summed E-state index contributed by atoms with van der Waals surface area (Å²) < 4.78 is 5.78. The van der Waals surface area contributed by atoms with Gasteiger partial charge in [0.2, 0.25) is 6.41 Å². The van der Waals surface area contributed by atoms with Gasteiger partial charge in [-0.15, -0.1) is 11.8 Å². The van der Waals surface area contributed by atoms with Gasteiger partial charge in [-0.1, -0.05) is 0 Å². The molecule has 0 bridgehead atoms. The van der Waals surface area contributed by atoms with Crippen LogP contribution in [-0.2, 0) is 14.3 Å². The largest absolute Gasteiger partial charge is 0.384 e. The molecule has 2 aromatic rings. The number of carbonyl (C=O) groups is 1. The summed E-state index contributed by atoms with van der Waals surface area (Å²) in [7, 11) is 4.19. The van der Waals surface area contributed by atoms with Crippen molar-refractivity contribution in [1.29, 1.82) is 0 Å². The Hall–Kier alpha value is -2.36. The molecule has 5 rings (SSSR count). The smallest absolute Gasteiger partial charge is 0.204 e. The zero-order valence-electron chi connectivity index (χ0n) is 20.9. The van der Waals surface area contributed by atoms with Gasteiger partial charge in [0.15, 0.2) is 5.82 Å². The topological polar surface area (TPSA) is 96.6 Å². The highest BCUT2D eigenvalue weighted by Gasteiger charge is 2.45. The van der Waals surface area contributed by atoms with Crippen molar-refractivity contribution in [3.05, 3.63) is 36.0 Å². The monoisotopic (exact) mass is 498 g/mol. The molecule has 3 aliphatic rings. The molecule has 8 nitrogen and oxygen atoms in total. The van der Waals surface area contributed by atoms with Gasteiger partial charge in [-0.3, -0.25) is 4.79 Å². The number of thioether (sulfide) groups is 1. The number of nitrogens with zero attached hydrogens (tertiary/aromatic N) is 4. The molecule has 9 heteroatoms. The Morgan fingerprint density at radius 1 is 1.20 bits per heavy atom. The minimum Gasteiger partial charge on any atom is -0.384 e. The second kappa shape index (κ2) is 12.1. The molecule has 3 fully saturated rings. The number of benzene rings is 1. The molecule has 0 spiro atoms. The molecular weight excluding hydrogens is 460 g/mol. The average Bonchev–Trinajstić information content (AvgIpc) is 3.67. The molecule has 1 aromatic heterocycles. The lowest BCUT2D eigenvalue weighted by Crippen LogP contribution is -2.38. The van der Waals surface area contributed by atoms with E-state index in [2.05, 4.69) is 77.0 Å². The van der Waals surface area contributed by atoms with Gasteiger partial charge in [0.1, 0.15) is 5.82 Å². The second-order valence-electron chi connectivity index (χ2n) is 9.64. The molecule has 1 aliphatic heterocycles. The first-order valence-corrected chi connectivity index (χ1v) is 13.5. The van der Waals surface area contributed by atoms with Crippen LogP contribution in [0.2, 0.25) is 0 Å². The Kier molecular flexibility index (Phi) is 8.86. The first kappa shape index (κ1) is 25.7. The van der Waals surface area contributed by atoms with Crippen molar-refractivity contribution in [1.82, 2.24) is 14.9 Å². The molecule has 190 valence electrons. The van der Waals surface area contributed by atoms with E-state index in [4.69, 9.17) is 19.5 Å². The lowest BCUT2D eigenvalue weighted by molar-refractivity contribution is -0.106. The van der Waals surface area contributed by atoms with Gasteiger partial charge in [-0.25, -0.2) is 9.97 Å². The highest BCUT2D eigenvalue weighted by molar-refractivity contribution is 8.01. The summed E-state index contributed by atoms with van der Waals surface area (Å²) in [5.74, 6) is 1.91. The SMILES string of the molecule is CN(C)CCNc1ccc(-c2nc(N3CCOCC3)cc(C3(SC4CC4)CCC3)n2)cc1.NC=O. The fraction of sp³-hybridized carbons (Fsp3) is 0.577. The van der Waals surface area contributed by atoms with E-state index < -0.39 is 0 Å². The lowest BCUT2D eigenvalue weighted by atomic mass is 9.81. The van der Waals surface area contributed by atoms with Gasteiger partial charge in [-0.2, -0.15) is 0 Å². The van der Waals surface area contributed by atoms with Crippen molar-refractivity contribution in [2.75, 3.05) is 63.7 Å². The highest BCUT2D eigenvalue weighted by Crippen LogP contribution is 2.57. The number of nitrogens with one attached hydrogen (secondary N) is 1. The summed E-state index contributed by atoms with van der Waals surface area (Å²) in [5, 5.41) is 4.32. The number of hydrogen-bond donors (Lipinski definition) is 2. The van der Waals surface area contributed by atoms with Crippen molar-refractivity contribution < 1.29 is 9.53 Å². The van der Waals surface area contributed by atoms with Crippen LogP contribution in [0, 0.1) is 0 Å². The summed E-state index contributed by atoms with van der Waals surface area (Å²) in [4.78, 5) is 23.3. The van der Waals surface area contributed by atoms with Crippen molar-refractivity contribution in [3.8, 4) is 11.4 Å². The Labute approximate surface area is 213 Å². The normalized spacial score (nSPS) is 18.9. The quantitative estimate of drug-likeness (QED) is 0.508. The maximum atomic E-state index is 8.58. The number of carbonyl (C=O) groups excluding carboxylic acids is 1. The van der Waals surface area contributed by atoms with Crippen LogP contribution in [-0.4, -0.2) is 80.0 Å². The van der Waals surface area contributed by atoms with Crippen LogP contribution in [0.15, 0.2) is 30.3 Å². The van der Waals surface area contributed by atoms with Gasteiger partial charge in [0.05, 0.1) is 23.7 Å². The second-order valence-corrected chi connectivity index (χ2v) is 11.3. The number of ether oxygens (including phenoxy) is 1. The molecule has 2 aliphatic carbocycles. The number of anilines is 2. The molecule has 1 saturated heterocycles. The Balaban J connectivity index is 0.000000917. The maximum Gasteiger partial charge on any atom is 0.204 e. The average molecular weight is 499 g/mol. The van der Waals surface area contributed by atoms with Gasteiger partial charge in [-0.05, 0) is 70.5 Å². The number of primary amides is 1. The van der Waals surface area contributed by atoms with Crippen LogP contribution >= 0.6 is 11.8 Å². The third-order valence-electron chi connectivity index (χ3n) is 6.62. The molecule has 0 unspecified atom stereocenters. The maximum absolute atomic E-state index is 8.58. The van der Waals surface area contributed by atoms with Crippen LogP contribution in [0.25, 0.3) is 11.4 Å². The predicted molar refractivity (Wildman–Crippen MR) is 144 cm³/mol. The molecule has 1 aromatic carbocycles. The van der Waals surface area contributed by atoms with E-state index in [-0.39, 0.29) is 11.2 Å². The van der Waals surface area contributed by atoms with E-state index in [9.17, 15) is 0 Å². The molecule has 0 atom stereocenters. The molecule has 0 radical (unpaired) electrons. The Bertz CT molecular complexity index is 957. The van der Waals surface area contributed by atoms with E-state index in [0.29, 0.717) is 0 Å². The predicted octanol–water partition coefficient (Wildman–Crippen LogP) is 3.33. The molecule has 35 heavy (non-hydrogen) atoms. The zero-order valence-corrected chi connectivity index (χ0v) is 21.7. The van der Waals surface area contributed by atoms with Gasteiger partial charge in [0.25, 0.3) is 0 Å². The van der Waals surface area contributed by atoms with Crippen molar-refractivity contribution >= 4 is 29.7 Å². The molecular formula is C26H38N6O2S. The Morgan fingerprint density at radius 2 is 1.89 bits per heavy atom. The first-order chi connectivity index (χ1) is 17.0. The van der Waals surface area contributed by atoms with Crippen LogP contribution in [0.5, 0.6) is 0 Å². The summed E-state index contributed by atoms with van der Waals surface area (Å²) >= 11 is 2.18. The number of rotatable bonds is 9. The summed E-state index contributed by atoms with van der Waals surface area (Å²) in [5.41, 5.74) is 7.63. The third-order valence-corrected chi connectivity index (χ3v) is 8.50. The standard InChI is InChI=1S/C25H35N5OS.CH3NO/c1-29(2)13-12-26-20-6-4-19(5-7-20)24-27-22(25(10-3-11-25)32-21-8-9-21)18-23(28-24)30-14-16-31-17-15-30;2-1-3/h4-7,18,21,26H,3,8-17H2,1-2H3;1H,(H2,2,3). The number of hydrogen-bond acceptors (Lipinski definition) is 8. The van der Waals surface area contributed by atoms with Gasteiger partial charge >= 0.3 is 0 Å². The molecule has 2 heterocycles.